The van der Waals surface area contributed by atoms with Crippen molar-refractivity contribution < 1.29 is 17.9 Å². The second kappa shape index (κ2) is 5.42. The Labute approximate surface area is 124 Å². The predicted octanol–water partition coefficient (Wildman–Crippen LogP) is 3.39. The van der Waals surface area contributed by atoms with E-state index in [1.807, 2.05) is 0 Å². The summed E-state index contributed by atoms with van der Waals surface area (Å²) in [5.41, 5.74) is 0.531. The van der Waals surface area contributed by atoms with Crippen LogP contribution in [0.3, 0.4) is 0 Å². The standard InChI is InChI=1S/C12H12BrClO4S/c1-7-10(12(15)18-9-3-2-4-9)5-8(13)6-11(7)19(14,16)17/h5-6,9H,2-4H2,1H3. The number of hydrogen-bond acceptors (Lipinski definition) is 4. The van der Waals surface area contributed by atoms with Gasteiger partial charge in [0.2, 0.25) is 0 Å². The van der Waals surface area contributed by atoms with E-state index in [0.717, 1.165) is 19.3 Å². The fourth-order valence-electron chi connectivity index (χ4n) is 1.82. The molecular weight excluding hydrogens is 356 g/mol. The average Bonchev–Trinajstić information content (AvgIpc) is 2.24. The summed E-state index contributed by atoms with van der Waals surface area (Å²) in [6.45, 7) is 1.54. The average molecular weight is 368 g/mol. The summed E-state index contributed by atoms with van der Waals surface area (Å²) in [6, 6.07) is 2.92. The molecular formula is C12H12BrClO4S. The van der Waals surface area contributed by atoms with Gasteiger partial charge in [-0.25, -0.2) is 13.2 Å². The smallest absolute Gasteiger partial charge is 0.338 e. The maximum absolute atomic E-state index is 12.0. The van der Waals surface area contributed by atoms with Gasteiger partial charge in [-0.1, -0.05) is 15.9 Å². The van der Waals surface area contributed by atoms with E-state index in [-0.39, 0.29) is 16.6 Å². The van der Waals surface area contributed by atoms with Crippen LogP contribution in [0.2, 0.25) is 0 Å². The zero-order valence-corrected chi connectivity index (χ0v) is 13.3. The van der Waals surface area contributed by atoms with Crippen molar-refractivity contribution in [3.63, 3.8) is 0 Å². The maximum atomic E-state index is 12.0. The first-order valence-electron chi connectivity index (χ1n) is 5.75. The van der Waals surface area contributed by atoms with Crippen molar-refractivity contribution in [1.29, 1.82) is 0 Å². The topological polar surface area (TPSA) is 60.4 Å². The first-order chi connectivity index (χ1) is 8.79. The largest absolute Gasteiger partial charge is 0.459 e. The lowest BCUT2D eigenvalue weighted by Crippen LogP contribution is -2.25. The highest BCUT2D eigenvalue weighted by atomic mass is 79.9. The number of carbonyl (C=O) groups excluding carboxylic acids is 1. The first-order valence-corrected chi connectivity index (χ1v) is 8.85. The van der Waals surface area contributed by atoms with Crippen molar-refractivity contribution in [2.24, 2.45) is 0 Å². The molecule has 4 nitrogen and oxygen atoms in total. The number of ether oxygens (including phenoxy) is 1. The molecule has 7 heteroatoms. The molecule has 104 valence electrons. The van der Waals surface area contributed by atoms with E-state index in [2.05, 4.69) is 15.9 Å². The van der Waals surface area contributed by atoms with Gasteiger partial charge in [0, 0.05) is 15.2 Å². The minimum atomic E-state index is -3.90. The number of esters is 1. The van der Waals surface area contributed by atoms with Gasteiger partial charge in [-0.05, 0) is 43.9 Å². The van der Waals surface area contributed by atoms with Crippen molar-refractivity contribution in [1.82, 2.24) is 0 Å². The van der Waals surface area contributed by atoms with Crippen LogP contribution in [0.25, 0.3) is 0 Å². The van der Waals surface area contributed by atoms with Gasteiger partial charge in [-0.3, -0.25) is 0 Å². The summed E-state index contributed by atoms with van der Waals surface area (Å²) in [6.07, 6.45) is 2.72. The van der Waals surface area contributed by atoms with Gasteiger partial charge in [-0.2, -0.15) is 0 Å². The highest BCUT2D eigenvalue weighted by molar-refractivity contribution is 9.10. The molecule has 1 aliphatic rings. The Bertz CT molecular complexity index is 623. The van der Waals surface area contributed by atoms with Gasteiger partial charge in [0.25, 0.3) is 9.05 Å². The normalized spacial score (nSPS) is 15.9. The van der Waals surface area contributed by atoms with E-state index >= 15 is 0 Å². The van der Waals surface area contributed by atoms with E-state index in [1.54, 1.807) is 13.0 Å². The summed E-state index contributed by atoms with van der Waals surface area (Å²) in [5, 5.41) is 0. The maximum Gasteiger partial charge on any atom is 0.338 e. The number of carbonyl (C=O) groups is 1. The molecule has 1 saturated carbocycles. The van der Waals surface area contributed by atoms with Crippen molar-refractivity contribution in [2.45, 2.75) is 37.2 Å². The third-order valence-corrected chi connectivity index (χ3v) is 5.04. The van der Waals surface area contributed by atoms with E-state index in [1.165, 1.54) is 6.07 Å². The van der Waals surface area contributed by atoms with Crippen LogP contribution in [0.15, 0.2) is 21.5 Å². The molecule has 0 heterocycles. The Hall–Kier alpha value is -0.590. The van der Waals surface area contributed by atoms with Crippen molar-refractivity contribution in [3.05, 3.63) is 27.7 Å². The van der Waals surface area contributed by atoms with Gasteiger partial charge >= 0.3 is 5.97 Å². The van der Waals surface area contributed by atoms with E-state index < -0.39 is 15.0 Å². The minimum Gasteiger partial charge on any atom is -0.459 e. The van der Waals surface area contributed by atoms with Gasteiger partial charge in [0.05, 0.1) is 10.5 Å². The second-order valence-corrected chi connectivity index (χ2v) is 7.92. The molecule has 2 rings (SSSR count). The fourth-order valence-corrected chi connectivity index (χ4v) is 3.66. The zero-order valence-electron chi connectivity index (χ0n) is 10.2. The molecule has 0 N–H and O–H groups in total. The van der Waals surface area contributed by atoms with Crippen LogP contribution in [0.4, 0.5) is 0 Å². The van der Waals surface area contributed by atoms with Crippen LogP contribution in [0, 0.1) is 6.92 Å². The highest BCUT2D eigenvalue weighted by Gasteiger charge is 2.26. The quantitative estimate of drug-likeness (QED) is 0.607. The monoisotopic (exact) mass is 366 g/mol. The van der Waals surface area contributed by atoms with Crippen LogP contribution in [-0.4, -0.2) is 20.5 Å². The Morgan fingerprint density at radius 3 is 2.53 bits per heavy atom. The van der Waals surface area contributed by atoms with E-state index in [4.69, 9.17) is 15.4 Å². The molecule has 0 aliphatic heterocycles. The minimum absolute atomic E-state index is 0.0538. The molecule has 0 amide bonds. The lowest BCUT2D eigenvalue weighted by atomic mass is 9.96. The molecule has 0 radical (unpaired) electrons. The zero-order chi connectivity index (χ0) is 14.2. The number of hydrogen-bond donors (Lipinski definition) is 0. The van der Waals surface area contributed by atoms with E-state index in [9.17, 15) is 13.2 Å². The summed E-state index contributed by atoms with van der Waals surface area (Å²) in [7, 11) is 1.46. The molecule has 0 atom stereocenters. The van der Waals surface area contributed by atoms with Crippen molar-refractivity contribution in [2.75, 3.05) is 0 Å². The lowest BCUT2D eigenvalue weighted by molar-refractivity contribution is 0.00889. The van der Waals surface area contributed by atoms with Crippen LogP contribution in [0.5, 0.6) is 0 Å². The van der Waals surface area contributed by atoms with E-state index in [0.29, 0.717) is 10.0 Å². The van der Waals surface area contributed by atoms with Crippen LogP contribution in [-0.2, 0) is 13.8 Å². The molecule has 0 saturated heterocycles. The fraction of sp³-hybridized carbons (Fsp3) is 0.417. The third kappa shape index (κ3) is 3.30. The van der Waals surface area contributed by atoms with Crippen molar-refractivity contribution >= 4 is 41.6 Å². The highest BCUT2D eigenvalue weighted by Crippen LogP contribution is 2.29. The van der Waals surface area contributed by atoms with Gasteiger partial charge in [0.1, 0.15) is 6.10 Å². The predicted molar refractivity (Wildman–Crippen MR) is 75.0 cm³/mol. The lowest BCUT2D eigenvalue weighted by Gasteiger charge is -2.25. The molecule has 1 aromatic carbocycles. The molecule has 0 bridgehead atoms. The van der Waals surface area contributed by atoms with Crippen LogP contribution >= 0.6 is 26.6 Å². The van der Waals surface area contributed by atoms with Gasteiger partial charge < -0.3 is 4.74 Å². The summed E-state index contributed by atoms with van der Waals surface area (Å²) in [5.74, 6) is -0.509. The summed E-state index contributed by atoms with van der Waals surface area (Å²) in [4.78, 5) is 11.9. The molecule has 1 aliphatic carbocycles. The summed E-state index contributed by atoms with van der Waals surface area (Å²) < 4.78 is 28.7. The van der Waals surface area contributed by atoms with Gasteiger partial charge in [-0.15, -0.1) is 0 Å². The number of benzene rings is 1. The molecule has 0 unspecified atom stereocenters. The number of halogens is 2. The molecule has 19 heavy (non-hydrogen) atoms. The van der Waals surface area contributed by atoms with Crippen molar-refractivity contribution in [3.8, 4) is 0 Å². The Kier molecular flexibility index (Phi) is 4.23. The third-order valence-electron chi connectivity index (χ3n) is 3.13. The Morgan fingerprint density at radius 2 is 2.05 bits per heavy atom. The SMILES string of the molecule is Cc1c(C(=O)OC2CCC2)cc(Br)cc1S(=O)(=O)Cl. The molecule has 0 aromatic heterocycles. The molecule has 1 aromatic rings. The van der Waals surface area contributed by atoms with Crippen LogP contribution < -0.4 is 0 Å². The molecule has 1 fully saturated rings. The first kappa shape index (κ1) is 14.8. The summed E-state index contributed by atoms with van der Waals surface area (Å²) >= 11 is 3.17. The Balaban J connectivity index is 2.39. The number of rotatable bonds is 3. The van der Waals surface area contributed by atoms with Crippen LogP contribution in [0.1, 0.15) is 35.2 Å². The van der Waals surface area contributed by atoms with Gasteiger partial charge in [0.15, 0.2) is 0 Å². The molecule has 0 spiro atoms. The second-order valence-electron chi connectivity index (χ2n) is 4.47. The Morgan fingerprint density at radius 1 is 1.42 bits per heavy atom.